The van der Waals surface area contributed by atoms with Crippen LogP contribution < -0.4 is 0 Å². The van der Waals surface area contributed by atoms with Crippen LogP contribution in [-0.4, -0.2) is 41.6 Å². The summed E-state index contributed by atoms with van der Waals surface area (Å²) in [5.74, 6) is 3.38. The Bertz CT molecular complexity index is 1110. The molecule has 2 heterocycles. The Kier molecular flexibility index (Phi) is 6.34. The number of carbonyl (C=O) groups excluding carboxylic acids is 1. The number of aromatic nitrogens is 1. The Labute approximate surface area is 229 Å². The predicted molar refractivity (Wildman–Crippen MR) is 151 cm³/mol. The summed E-state index contributed by atoms with van der Waals surface area (Å²) < 4.78 is 6.23. The van der Waals surface area contributed by atoms with Crippen molar-refractivity contribution in [3.8, 4) is 0 Å². The van der Waals surface area contributed by atoms with Crippen LogP contribution >= 0.6 is 0 Å². The Balaban J connectivity index is 0.994. The van der Waals surface area contributed by atoms with Crippen molar-refractivity contribution in [2.45, 2.75) is 90.6 Å². The second-order valence-electron chi connectivity index (χ2n) is 14.1. The first kappa shape index (κ1) is 25.1. The molecule has 6 atom stereocenters. The summed E-state index contributed by atoms with van der Waals surface area (Å²) >= 11 is 0. The molecule has 1 aliphatic heterocycles. The van der Waals surface area contributed by atoms with E-state index < -0.39 is 0 Å². The second-order valence-corrected chi connectivity index (χ2v) is 14.1. The summed E-state index contributed by atoms with van der Waals surface area (Å²) in [6.07, 6.45) is 22.1. The van der Waals surface area contributed by atoms with Crippen LogP contribution in [0.1, 0.15) is 90.0 Å². The van der Waals surface area contributed by atoms with E-state index in [4.69, 9.17) is 4.74 Å². The SMILES string of the molecule is CC12CCC(OC(=O)C3CCN(CC4CC4)CC3)CC1=CCC1[C@@H]2CCC2(C)C(c3cccnc3)=CC[C@@H]12. The van der Waals surface area contributed by atoms with E-state index in [9.17, 15) is 4.79 Å². The van der Waals surface area contributed by atoms with Crippen LogP contribution in [0, 0.1) is 40.4 Å². The van der Waals surface area contributed by atoms with Gasteiger partial charge in [0.2, 0.25) is 0 Å². The Morgan fingerprint density at radius 1 is 1.00 bits per heavy atom. The van der Waals surface area contributed by atoms with Crippen molar-refractivity contribution in [2.24, 2.45) is 40.4 Å². The zero-order valence-corrected chi connectivity index (χ0v) is 23.5. The molecule has 204 valence electrons. The lowest BCUT2D eigenvalue weighted by atomic mass is 9.47. The number of pyridine rings is 1. The van der Waals surface area contributed by atoms with Crippen LogP contribution in [0.25, 0.3) is 5.57 Å². The minimum Gasteiger partial charge on any atom is -0.462 e. The molecule has 0 aromatic carbocycles. The molecule has 1 aromatic heterocycles. The quantitative estimate of drug-likeness (QED) is 0.311. The number of hydrogen-bond donors (Lipinski definition) is 0. The summed E-state index contributed by atoms with van der Waals surface area (Å²) in [6, 6.07) is 4.33. The molecule has 0 N–H and O–H groups in total. The summed E-state index contributed by atoms with van der Waals surface area (Å²) in [7, 11) is 0. The lowest BCUT2D eigenvalue weighted by Crippen LogP contribution is -2.50. The third-order valence-corrected chi connectivity index (χ3v) is 12.0. The molecule has 1 saturated heterocycles. The smallest absolute Gasteiger partial charge is 0.309 e. The minimum absolute atomic E-state index is 0.0852. The highest BCUT2D eigenvalue weighted by Crippen LogP contribution is 2.66. The van der Waals surface area contributed by atoms with Gasteiger partial charge in [0.25, 0.3) is 0 Å². The van der Waals surface area contributed by atoms with Crippen LogP contribution in [0.15, 0.2) is 42.3 Å². The van der Waals surface area contributed by atoms with Crippen LogP contribution in [0.3, 0.4) is 0 Å². The fourth-order valence-electron chi connectivity index (χ4n) is 9.54. The topological polar surface area (TPSA) is 42.4 Å². The van der Waals surface area contributed by atoms with Gasteiger partial charge in [-0.2, -0.15) is 0 Å². The molecule has 3 saturated carbocycles. The van der Waals surface area contributed by atoms with E-state index in [1.165, 1.54) is 57.1 Å². The first-order valence-electron chi connectivity index (χ1n) is 15.7. The fourth-order valence-corrected chi connectivity index (χ4v) is 9.54. The number of rotatable bonds is 5. The summed E-state index contributed by atoms with van der Waals surface area (Å²) in [5, 5.41) is 0. The molecule has 0 bridgehead atoms. The number of ether oxygens (including phenoxy) is 1. The molecule has 4 nitrogen and oxygen atoms in total. The van der Waals surface area contributed by atoms with Crippen molar-refractivity contribution < 1.29 is 9.53 Å². The molecule has 0 spiro atoms. The largest absolute Gasteiger partial charge is 0.462 e. The molecule has 4 unspecified atom stereocenters. The number of hydrogen-bond acceptors (Lipinski definition) is 4. The third-order valence-electron chi connectivity index (χ3n) is 12.0. The first-order chi connectivity index (χ1) is 18.4. The second kappa shape index (κ2) is 9.61. The van der Waals surface area contributed by atoms with Gasteiger partial charge in [-0.05, 0) is 129 Å². The van der Waals surface area contributed by atoms with Gasteiger partial charge in [-0.15, -0.1) is 0 Å². The van der Waals surface area contributed by atoms with Gasteiger partial charge in [0.1, 0.15) is 6.10 Å². The van der Waals surface area contributed by atoms with Gasteiger partial charge in [0.15, 0.2) is 0 Å². The lowest BCUT2D eigenvalue weighted by Gasteiger charge is -2.58. The summed E-state index contributed by atoms with van der Waals surface area (Å²) in [4.78, 5) is 20.1. The molecule has 1 aromatic rings. The number of carbonyl (C=O) groups is 1. The first-order valence-corrected chi connectivity index (χ1v) is 15.7. The number of nitrogens with zero attached hydrogens (tertiary/aromatic N) is 2. The maximum Gasteiger partial charge on any atom is 0.309 e. The molecule has 5 aliphatic carbocycles. The van der Waals surface area contributed by atoms with E-state index in [1.807, 2.05) is 6.20 Å². The van der Waals surface area contributed by atoms with Crippen molar-refractivity contribution in [1.82, 2.24) is 9.88 Å². The third kappa shape index (κ3) is 4.30. The van der Waals surface area contributed by atoms with Gasteiger partial charge in [0.05, 0.1) is 5.92 Å². The predicted octanol–water partition coefficient (Wildman–Crippen LogP) is 7.07. The molecule has 6 aliphatic rings. The molecule has 38 heavy (non-hydrogen) atoms. The molecular formula is C34H46N2O2. The molecule has 7 rings (SSSR count). The number of esters is 1. The Morgan fingerprint density at radius 2 is 1.82 bits per heavy atom. The number of fused-ring (bicyclic) bond motifs is 5. The average molecular weight is 515 g/mol. The molecule has 4 heteroatoms. The maximum absolute atomic E-state index is 13.1. The van der Waals surface area contributed by atoms with E-state index in [2.05, 4.69) is 54.2 Å². The Morgan fingerprint density at radius 3 is 2.58 bits per heavy atom. The number of piperidine rings is 1. The van der Waals surface area contributed by atoms with E-state index in [0.29, 0.717) is 0 Å². The Hall–Kier alpha value is -1.94. The molecule has 4 fully saturated rings. The minimum atomic E-state index is 0.0852. The van der Waals surface area contributed by atoms with Gasteiger partial charge < -0.3 is 9.64 Å². The van der Waals surface area contributed by atoms with Gasteiger partial charge >= 0.3 is 5.97 Å². The number of likely N-dealkylation sites (tertiary alicyclic amines) is 1. The maximum atomic E-state index is 13.1. The lowest BCUT2D eigenvalue weighted by molar-refractivity contribution is -0.158. The van der Waals surface area contributed by atoms with Crippen molar-refractivity contribution in [1.29, 1.82) is 0 Å². The van der Waals surface area contributed by atoms with E-state index in [0.717, 1.165) is 62.4 Å². The van der Waals surface area contributed by atoms with Crippen LogP contribution in [-0.2, 0) is 9.53 Å². The van der Waals surface area contributed by atoms with Crippen LogP contribution in [0.4, 0.5) is 0 Å². The van der Waals surface area contributed by atoms with Gasteiger partial charge in [0, 0.05) is 25.4 Å². The van der Waals surface area contributed by atoms with Crippen molar-refractivity contribution in [3.63, 3.8) is 0 Å². The highest BCUT2D eigenvalue weighted by Gasteiger charge is 2.57. The summed E-state index contributed by atoms with van der Waals surface area (Å²) in [6.45, 7) is 8.49. The number of allylic oxidation sites excluding steroid dienone is 3. The normalized spacial score (nSPS) is 39.4. The summed E-state index contributed by atoms with van der Waals surface area (Å²) in [5.41, 5.74) is 5.02. The van der Waals surface area contributed by atoms with Gasteiger partial charge in [-0.3, -0.25) is 9.78 Å². The molecule has 0 radical (unpaired) electrons. The zero-order chi connectivity index (χ0) is 25.9. The average Bonchev–Trinajstić information content (AvgIpc) is 3.67. The standard InChI is InChI=1S/C34H46N2O2/c1-33-15-11-27(38-32(37)24-13-18-36(19-14-24)22-23-5-6-23)20-26(33)7-8-28-30-10-9-29(25-4-3-17-35-21-25)34(30,2)16-12-31(28)33/h3-4,7,9,17,21,23-24,27-28,30-31H,5-6,8,10-16,18-20,22H2,1-2H3/t27?,28?,30-,31-,33?,34?/m0/s1. The van der Waals surface area contributed by atoms with E-state index in [1.54, 1.807) is 11.1 Å². The van der Waals surface area contributed by atoms with E-state index >= 15 is 0 Å². The van der Waals surface area contributed by atoms with Crippen molar-refractivity contribution in [3.05, 3.63) is 47.8 Å². The van der Waals surface area contributed by atoms with E-state index in [-0.39, 0.29) is 28.8 Å². The highest BCUT2D eigenvalue weighted by molar-refractivity contribution is 5.73. The molecular weight excluding hydrogens is 468 g/mol. The molecule has 0 amide bonds. The monoisotopic (exact) mass is 514 g/mol. The van der Waals surface area contributed by atoms with Crippen LogP contribution in [0.5, 0.6) is 0 Å². The van der Waals surface area contributed by atoms with Gasteiger partial charge in [-0.25, -0.2) is 0 Å². The van der Waals surface area contributed by atoms with Gasteiger partial charge in [-0.1, -0.05) is 37.6 Å². The zero-order valence-electron chi connectivity index (χ0n) is 23.5. The fraction of sp³-hybridized carbons (Fsp3) is 0.706. The van der Waals surface area contributed by atoms with Crippen molar-refractivity contribution in [2.75, 3.05) is 19.6 Å². The highest BCUT2D eigenvalue weighted by atomic mass is 16.5. The van der Waals surface area contributed by atoms with Crippen molar-refractivity contribution >= 4 is 11.5 Å². The van der Waals surface area contributed by atoms with Crippen LogP contribution in [0.2, 0.25) is 0 Å².